The van der Waals surface area contributed by atoms with E-state index in [0.29, 0.717) is 13.2 Å². The zero-order chi connectivity index (χ0) is 16.3. The van der Waals surface area contributed by atoms with Crippen LogP contribution in [0.25, 0.3) is 0 Å². The fourth-order valence-electron chi connectivity index (χ4n) is 2.83. The molecule has 0 spiro atoms. The third-order valence-electron chi connectivity index (χ3n) is 4.00. The summed E-state index contributed by atoms with van der Waals surface area (Å²) in [5.74, 6) is 0.0795. The van der Waals surface area contributed by atoms with Crippen molar-refractivity contribution in [2.75, 3.05) is 19.0 Å². The molecule has 1 aliphatic heterocycles. The number of sulfonamides is 1. The van der Waals surface area contributed by atoms with E-state index in [2.05, 4.69) is 4.72 Å². The van der Waals surface area contributed by atoms with Gasteiger partial charge >= 0.3 is 0 Å². The van der Waals surface area contributed by atoms with Crippen molar-refractivity contribution in [1.29, 1.82) is 0 Å². The van der Waals surface area contributed by atoms with Gasteiger partial charge in [0.2, 0.25) is 10.0 Å². The van der Waals surface area contributed by atoms with E-state index in [1.165, 1.54) is 0 Å². The minimum Gasteiger partial charge on any atom is -0.380 e. The predicted octanol–water partition coefficient (Wildman–Crippen LogP) is 2.73. The van der Waals surface area contributed by atoms with E-state index in [0.717, 1.165) is 11.1 Å². The van der Waals surface area contributed by atoms with E-state index in [4.69, 9.17) is 4.74 Å². The van der Waals surface area contributed by atoms with Crippen molar-refractivity contribution in [3.63, 3.8) is 0 Å². The molecule has 1 saturated heterocycles. The summed E-state index contributed by atoms with van der Waals surface area (Å²) in [6.07, 6.45) is 0. The minimum absolute atomic E-state index is 0.0795. The Hall–Kier alpha value is -1.69. The third-order valence-corrected chi connectivity index (χ3v) is 5.67. The lowest BCUT2D eigenvalue weighted by atomic mass is 9.92. The predicted molar refractivity (Wildman–Crippen MR) is 90.6 cm³/mol. The first-order chi connectivity index (χ1) is 11.0. The van der Waals surface area contributed by atoms with Crippen LogP contribution in [0.5, 0.6) is 0 Å². The third kappa shape index (κ3) is 3.99. The topological polar surface area (TPSA) is 55.4 Å². The molecule has 122 valence electrons. The van der Waals surface area contributed by atoms with Gasteiger partial charge in [-0.05, 0) is 11.1 Å². The highest BCUT2D eigenvalue weighted by Gasteiger charge is 2.38. The van der Waals surface area contributed by atoms with Crippen molar-refractivity contribution in [3.05, 3.63) is 71.8 Å². The van der Waals surface area contributed by atoms with Gasteiger partial charge in [-0.3, -0.25) is 0 Å². The van der Waals surface area contributed by atoms with Crippen molar-refractivity contribution in [2.24, 2.45) is 5.41 Å². The molecule has 0 radical (unpaired) electrons. The van der Waals surface area contributed by atoms with E-state index in [1.807, 2.05) is 67.6 Å². The van der Waals surface area contributed by atoms with Crippen molar-refractivity contribution in [1.82, 2.24) is 4.72 Å². The first-order valence-corrected chi connectivity index (χ1v) is 9.30. The molecule has 0 atom stereocenters. The van der Waals surface area contributed by atoms with Crippen LogP contribution in [0.3, 0.4) is 0 Å². The van der Waals surface area contributed by atoms with E-state index in [9.17, 15) is 8.42 Å². The molecule has 3 rings (SSSR count). The van der Waals surface area contributed by atoms with Gasteiger partial charge in [0.25, 0.3) is 0 Å². The van der Waals surface area contributed by atoms with Gasteiger partial charge in [-0.1, -0.05) is 67.6 Å². The Morgan fingerprint density at radius 2 is 1.48 bits per heavy atom. The van der Waals surface area contributed by atoms with Crippen LogP contribution in [-0.2, 0) is 14.8 Å². The number of hydrogen-bond acceptors (Lipinski definition) is 3. The Kier molecular flexibility index (Phi) is 4.53. The summed E-state index contributed by atoms with van der Waals surface area (Å²) in [6.45, 7) is 2.93. The highest BCUT2D eigenvalue weighted by atomic mass is 32.2. The number of rotatable bonds is 6. The molecule has 2 aromatic rings. The molecule has 1 heterocycles. The van der Waals surface area contributed by atoms with Crippen LogP contribution in [0.4, 0.5) is 0 Å². The zero-order valence-electron chi connectivity index (χ0n) is 13.1. The molecule has 1 N–H and O–H groups in total. The van der Waals surface area contributed by atoms with Crippen LogP contribution >= 0.6 is 0 Å². The fraction of sp³-hybridized carbons (Fsp3) is 0.333. The van der Waals surface area contributed by atoms with Gasteiger partial charge in [-0.25, -0.2) is 13.1 Å². The summed E-state index contributed by atoms with van der Waals surface area (Å²) in [7, 11) is -3.43. The second kappa shape index (κ2) is 6.43. The Labute approximate surface area is 137 Å². The molecule has 4 nitrogen and oxygen atoms in total. The van der Waals surface area contributed by atoms with Crippen LogP contribution < -0.4 is 4.72 Å². The Bertz CT molecular complexity index is 701. The van der Waals surface area contributed by atoms with Crippen LogP contribution in [0.15, 0.2) is 60.7 Å². The summed E-state index contributed by atoms with van der Waals surface area (Å²) in [4.78, 5) is 0. The Morgan fingerprint density at radius 3 is 1.87 bits per heavy atom. The first-order valence-electron chi connectivity index (χ1n) is 7.65. The van der Waals surface area contributed by atoms with Gasteiger partial charge in [0.05, 0.1) is 25.0 Å². The molecular weight excluding hydrogens is 310 g/mol. The van der Waals surface area contributed by atoms with E-state index < -0.39 is 10.0 Å². The molecular formula is C18H21NO3S. The normalized spacial score (nSPS) is 17.0. The lowest BCUT2D eigenvalue weighted by Gasteiger charge is -2.37. The van der Waals surface area contributed by atoms with Gasteiger partial charge in [-0.15, -0.1) is 0 Å². The molecule has 0 amide bonds. The van der Waals surface area contributed by atoms with Gasteiger partial charge in [-0.2, -0.15) is 0 Å². The molecule has 0 aliphatic carbocycles. The highest BCUT2D eigenvalue weighted by Crippen LogP contribution is 2.29. The number of benzene rings is 2. The molecule has 0 bridgehead atoms. The fourth-order valence-corrected chi connectivity index (χ4v) is 4.63. The molecule has 2 aromatic carbocycles. The van der Waals surface area contributed by atoms with E-state index in [1.54, 1.807) is 0 Å². The molecule has 5 heteroatoms. The van der Waals surface area contributed by atoms with E-state index >= 15 is 0 Å². The molecule has 0 aromatic heterocycles. The largest absolute Gasteiger partial charge is 0.380 e. The summed E-state index contributed by atoms with van der Waals surface area (Å²) in [5.41, 5.74) is 1.57. The monoisotopic (exact) mass is 331 g/mol. The van der Waals surface area contributed by atoms with Crippen LogP contribution in [0.2, 0.25) is 0 Å². The van der Waals surface area contributed by atoms with Crippen LogP contribution in [0.1, 0.15) is 24.1 Å². The van der Waals surface area contributed by atoms with Gasteiger partial charge in [0.1, 0.15) is 0 Å². The quantitative estimate of drug-likeness (QED) is 0.885. The standard InChI is InChI=1S/C18H21NO3S/c1-18(12-22-13-18)14-23(20,21)19-17(15-8-4-2-5-9-15)16-10-6-3-7-11-16/h2-11,17,19H,12-14H2,1H3. The molecule has 23 heavy (non-hydrogen) atoms. The summed E-state index contributed by atoms with van der Waals surface area (Å²) in [5, 5.41) is 0. The minimum atomic E-state index is -3.43. The smallest absolute Gasteiger partial charge is 0.213 e. The maximum absolute atomic E-state index is 12.6. The van der Waals surface area contributed by atoms with Gasteiger partial charge < -0.3 is 4.74 Å². The SMILES string of the molecule is CC1(CS(=O)(=O)NC(c2ccccc2)c2ccccc2)COC1. The number of hydrogen-bond donors (Lipinski definition) is 1. The summed E-state index contributed by atoms with van der Waals surface area (Å²) >= 11 is 0. The second-order valence-corrected chi connectivity index (χ2v) is 8.19. The van der Waals surface area contributed by atoms with Crippen molar-refractivity contribution in [3.8, 4) is 0 Å². The van der Waals surface area contributed by atoms with Gasteiger partial charge in [0, 0.05) is 5.41 Å². The lowest BCUT2D eigenvalue weighted by Crippen LogP contribution is -2.48. The van der Waals surface area contributed by atoms with Gasteiger partial charge in [0.15, 0.2) is 0 Å². The van der Waals surface area contributed by atoms with Crippen LogP contribution in [0, 0.1) is 5.41 Å². The highest BCUT2D eigenvalue weighted by molar-refractivity contribution is 7.89. The molecule has 0 unspecified atom stereocenters. The Balaban J connectivity index is 1.87. The first kappa shape index (κ1) is 16.2. The number of ether oxygens (including phenoxy) is 1. The number of nitrogens with one attached hydrogen (secondary N) is 1. The molecule has 1 aliphatic rings. The zero-order valence-corrected chi connectivity index (χ0v) is 13.9. The second-order valence-electron chi connectivity index (χ2n) is 6.43. The van der Waals surface area contributed by atoms with E-state index in [-0.39, 0.29) is 17.2 Å². The van der Waals surface area contributed by atoms with Crippen molar-refractivity contribution in [2.45, 2.75) is 13.0 Å². The Morgan fingerprint density at radius 1 is 1.00 bits per heavy atom. The average molecular weight is 331 g/mol. The maximum Gasteiger partial charge on any atom is 0.213 e. The molecule has 0 saturated carbocycles. The van der Waals surface area contributed by atoms with Crippen molar-refractivity contribution >= 4 is 10.0 Å². The summed E-state index contributed by atoms with van der Waals surface area (Å²) < 4.78 is 33.3. The van der Waals surface area contributed by atoms with Crippen LogP contribution in [-0.4, -0.2) is 27.4 Å². The lowest BCUT2D eigenvalue weighted by molar-refractivity contribution is -0.0871. The average Bonchev–Trinajstić information content (AvgIpc) is 2.52. The molecule has 1 fully saturated rings. The van der Waals surface area contributed by atoms with Crippen molar-refractivity contribution < 1.29 is 13.2 Å². The summed E-state index contributed by atoms with van der Waals surface area (Å²) in [6, 6.07) is 18.9. The maximum atomic E-state index is 12.6.